The Bertz CT molecular complexity index is 1800. The fraction of sp³-hybridized carbons (Fsp3) is 0.133. The Morgan fingerprint density at radius 3 is 2.08 bits per heavy atom. The van der Waals surface area contributed by atoms with Crippen molar-refractivity contribution in [2.24, 2.45) is 0 Å². The first-order valence-electron chi connectivity index (χ1n) is 12.3. The first-order chi connectivity index (χ1) is 18.6. The number of hydrogen-bond donors (Lipinski definition) is 2. The summed E-state index contributed by atoms with van der Waals surface area (Å²) in [5.41, 5.74) is 6.55. The monoisotopic (exact) mass is 537 g/mol. The highest BCUT2D eigenvalue weighted by Gasteiger charge is 2.20. The molecule has 2 N–H and O–H groups in total. The van der Waals surface area contributed by atoms with Gasteiger partial charge in [0.15, 0.2) is 0 Å². The van der Waals surface area contributed by atoms with Gasteiger partial charge in [-0.3, -0.25) is 4.79 Å². The molecule has 0 saturated heterocycles. The highest BCUT2D eigenvalue weighted by atomic mass is 32.2. The molecule has 5 rings (SSSR count). The number of fused-ring (bicyclic) bond motifs is 1. The molecule has 1 amide bonds. The van der Waals surface area contributed by atoms with Crippen LogP contribution in [0.2, 0.25) is 0 Å². The fourth-order valence-corrected chi connectivity index (χ4v) is 5.40. The molecule has 0 radical (unpaired) electrons. The third-order valence-corrected chi connectivity index (χ3v) is 7.66. The quantitative estimate of drug-likeness (QED) is 0.275. The average Bonchev–Trinajstić information content (AvgIpc) is 2.88. The summed E-state index contributed by atoms with van der Waals surface area (Å²) in [6, 6.07) is 23.3. The lowest BCUT2D eigenvalue weighted by molar-refractivity contribution is 0.102. The van der Waals surface area contributed by atoms with E-state index in [2.05, 4.69) is 20.0 Å². The Labute approximate surface area is 227 Å². The van der Waals surface area contributed by atoms with Gasteiger partial charge in [-0.1, -0.05) is 48.0 Å². The molecule has 2 aromatic heterocycles. The van der Waals surface area contributed by atoms with Crippen molar-refractivity contribution in [1.29, 1.82) is 0 Å². The van der Waals surface area contributed by atoms with Gasteiger partial charge in [0.1, 0.15) is 0 Å². The molecule has 0 aliphatic rings. The van der Waals surface area contributed by atoms with Crippen molar-refractivity contribution in [2.45, 2.75) is 32.6 Å². The van der Waals surface area contributed by atoms with Gasteiger partial charge in [0.2, 0.25) is 5.95 Å². The molecule has 196 valence electrons. The van der Waals surface area contributed by atoms with Crippen LogP contribution >= 0.6 is 0 Å². The van der Waals surface area contributed by atoms with E-state index in [9.17, 15) is 13.2 Å². The molecule has 5 aromatic rings. The van der Waals surface area contributed by atoms with Crippen LogP contribution in [0.15, 0.2) is 83.8 Å². The molecule has 0 atom stereocenters. The van der Waals surface area contributed by atoms with Crippen molar-refractivity contribution in [1.82, 2.24) is 15.0 Å². The molecule has 0 fully saturated rings. The Hall–Kier alpha value is -4.63. The Morgan fingerprint density at radius 2 is 1.41 bits per heavy atom. The van der Waals surface area contributed by atoms with Gasteiger partial charge < -0.3 is 5.32 Å². The van der Waals surface area contributed by atoms with E-state index < -0.39 is 10.0 Å². The predicted octanol–water partition coefficient (Wildman–Crippen LogP) is 5.98. The van der Waals surface area contributed by atoms with E-state index in [1.54, 1.807) is 32.0 Å². The van der Waals surface area contributed by atoms with Crippen LogP contribution < -0.4 is 10.0 Å². The van der Waals surface area contributed by atoms with Crippen molar-refractivity contribution in [3.8, 4) is 11.3 Å². The summed E-state index contributed by atoms with van der Waals surface area (Å²) in [6.45, 7) is 7.44. The lowest BCUT2D eigenvalue weighted by Gasteiger charge is -2.15. The van der Waals surface area contributed by atoms with E-state index in [-0.39, 0.29) is 16.8 Å². The summed E-state index contributed by atoms with van der Waals surface area (Å²) in [7, 11) is -3.92. The average molecular weight is 538 g/mol. The summed E-state index contributed by atoms with van der Waals surface area (Å²) in [5, 5.41) is 3.65. The number of rotatable bonds is 6. The minimum atomic E-state index is -3.92. The number of nitrogens with one attached hydrogen (secondary N) is 2. The summed E-state index contributed by atoms with van der Waals surface area (Å²) >= 11 is 0. The SMILES string of the molecule is Cc1ccc(-c2nc3ccccc3c(C(=O)Nc3ccc(S(=O)(=O)Nc4nc(C)cc(C)n4)cc3)c2C)cc1. The largest absolute Gasteiger partial charge is 0.322 e. The lowest BCUT2D eigenvalue weighted by Crippen LogP contribution is -2.17. The van der Waals surface area contributed by atoms with Crippen LogP contribution in [-0.4, -0.2) is 29.3 Å². The fourth-order valence-electron chi connectivity index (χ4n) is 4.45. The maximum absolute atomic E-state index is 13.6. The van der Waals surface area contributed by atoms with Crippen molar-refractivity contribution in [3.63, 3.8) is 0 Å². The van der Waals surface area contributed by atoms with Crippen LogP contribution in [0.4, 0.5) is 11.6 Å². The number of carbonyl (C=O) groups excluding carboxylic acids is 1. The number of carbonyl (C=O) groups is 1. The molecule has 3 aromatic carbocycles. The van der Waals surface area contributed by atoms with E-state index >= 15 is 0 Å². The zero-order chi connectivity index (χ0) is 27.7. The van der Waals surface area contributed by atoms with Crippen LogP contribution in [0.1, 0.15) is 32.9 Å². The zero-order valence-electron chi connectivity index (χ0n) is 22.0. The lowest BCUT2D eigenvalue weighted by atomic mass is 9.96. The maximum Gasteiger partial charge on any atom is 0.264 e. The predicted molar refractivity (Wildman–Crippen MR) is 153 cm³/mol. The Kier molecular flexibility index (Phi) is 6.84. The van der Waals surface area contributed by atoms with Gasteiger partial charge in [0.05, 0.1) is 21.7 Å². The van der Waals surface area contributed by atoms with Crippen LogP contribution in [0, 0.1) is 27.7 Å². The van der Waals surface area contributed by atoms with E-state index in [4.69, 9.17) is 4.98 Å². The maximum atomic E-state index is 13.6. The molecule has 0 aliphatic heterocycles. The molecule has 2 heterocycles. The van der Waals surface area contributed by atoms with Crippen LogP contribution in [0.5, 0.6) is 0 Å². The number of benzene rings is 3. The van der Waals surface area contributed by atoms with Crippen LogP contribution in [0.25, 0.3) is 22.2 Å². The van der Waals surface area contributed by atoms with E-state index in [1.807, 2.05) is 62.4 Å². The standard InChI is InChI=1S/C30H27N5O3S/c1-18-9-11-22(12-10-18)28-21(4)27(25-7-5-6-8-26(25)34-28)29(36)33-23-13-15-24(16-14-23)39(37,38)35-30-31-19(2)17-20(3)32-30/h5-17H,1-4H3,(H,33,36)(H,31,32,35). The molecular weight excluding hydrogens is 510 g/mol. The third-order valence-electron chi connectivity index (χ3n) is 6.32. The topological polar surface area (TPSA) is 114 Å². The summed E-state index contributed by atoms with van der Waals surface area (Å²) in [4.78, 5) is 26.7. The molecule has 0 unspecified atom stereocenters. The number of aromatic nitrogens is 3. The summed E-state index contributed by atoms with van der Waals surface area (Å²) < 4.78 is 28.2. The second kappa shape index (κ2) is 10.3. The zero-order valence-corrected chi connectivity index (χ0v) is 22.8. The molecule has 0 bridgehead atoms. The van der Waals surface area contributed by atoms with Gasteiger partial charge in [-0.05, 0) is 69.7 Å². The normalized spacial score (nSPS) is 11.4. The van der Waals surface area contributed by atoms with Gasteiger partial charge in [-0.25, -0.2) is 28.1 Å². The van der Waals surface area contributed by atoms with Gasteiger partial charge in [0.25, 0.3) is 15.9 Å². The number of sulfonamides is 1. The van der Waals surface area contributed by atoms with Gasteiger partial charge in [-0.15, -0.1) is 0 Å². The summed E-state index contributed by atoms with van der Waals surface area (Å²) in [5.74, 6) is -0.300. The molecule has 0 aliphatic carbocycles. The minimum absolute atomic E-state index is 0.00861. The van der Waals surface area contributed by atoms with Crippen molar-refractivity contribution >= 4 is 38.5 Å². The molecule has 0 spiro atoms. The van der Waals surface area contributed by atoms with Crippen molar-refractivity contribution in [2.75, 3.05) is 10.0 Å². The molecule has 0 saturated carbocycles. The number of pyridine rings is 1. The van der Waals surface area contributed by atoms with E-state index in [0.29, 0.717) is 28.2 Å². The smallest absolute Gasteiger partial charge is 0.264 e. The first kappa shape index (κ1) is 26.0. The van der Waals surface area contributed by atoms with Gasteiger partial charge in [0, 0.05) is 28.0 Å². The number of anilines is 2. The number of hydrogen-bond acceptors (Lipinski definition) is 6. The third kappa shape index (κ3) is 5.49. The van der Waals surface area contributed by atoms with Crippen molar-refractivity contribution < 1.29 is 13.2 Å². The highest BCUT2D eigenvalue weighted by molar-refractivity contribution is 7.92. The molecule has 8 nitrogen and oxygen atoms in total. The first-order valence-corrected chi connectivity index (χ1v) is 13.8. The van der Waals surface area contributed by atoms with Crippen molar-refractivity contribution in [3.05, 3.63) is 107 Å². The van der Waals surface area contributed by atoms with Gasteiger partial charge in [-0.2, -0.15) is 0 Å². The van der Waals surface area contributed by atoms with Gasteiger partial charge >= 0.3 is 0 Å². The number of para-hydroxylation sites is 1. The second-order valence-electron chi connectivity index (χ2n) is 9.40. The second-order valence-corrected chi connectivity index (χ2v) is 11.1. The Balaban J connectivity index is 1.44. The molecule has 39 heavy (non-hydrogen) atoms. The highest BCUT2D eigenvalue weighted by Crippen LogP contribution is 2.30. The number of amides is 1. The number of aryl methyl sites for hydroxylation is 3. The van der Waals surface area contributed by atoms with Crippen LogP contribution in [0.3, 0.4) is 0 Å². The van der Waals surface area contributed by atoms with Crippen LogP contribution in [-0.2, 0) is 10.0 Å². The number of nitrogens with zero attached hydrogens (tertiary/aromatic N) is 3. The Morgan fingerprint density at radius 1 is 0.769 bits per heavy atom. The molecule has 9 heteroatoms. The van der Waals surface area contributed by atoms with E-state index in [1.165, 1.54) is 12.1 Å². The minimum Gasteiger partial charge on any atom is -0.322 e. The van der Waals surface area contributed by atoms with E-state index in [0.717, 1.165) is 27.8 Å². The summed E-state index contributed by atoms with van der Waals surface area (Å²) in [6.07, 6.45) is 0. The molecular formula is C30H27N5O3S.